The van der Waals surface area contributed by atoms with Crippen molar-refractivity contribution in [3.63, 3.8) is 0 Å². The highest BCUT2D eigenvalue weighted by Crippen LogP contribution is 2.55. The normalized spacial score (nSPS) is 12.5. The topological polar surface area (TPSA) is 16.2 Å². The molecule has 18 aromatic carbocycles. The Balaban J connectivity index is 0.824. The van der Waals surface area contributed by atoms with E-state index in [1.54, 1.807) is 0 Å². The third-order valence-corrected chi connectivity index (χ3v) is 24.8. The number of hydrogen-bond acceptors (Lipinski definition) is 6. The van der Waals surface area contributed by atoms with E-state index in [0.717, 1.165) is 130 Å². The first-order chi connectivity index (χ1) is 57.6. The molecule has 5 nitrogen and oxygen atoms in total. The van der Waals surface area contributed by atoms with Crippen molar-refractivity contribution in [1.29, 1.82) is 0 Å². The van der Waals surface area contributed by atoms with Crippen LogP contribution in [0.3, 0.4) is 0 Å². The molecular weight excluding hydrogens is 1420 g/mol. The molecule has 0 bridgehead atoms. The Labute approximate surface area is 682 Å². The van der Waals surface area contributed by atoms with Gasteiger partial charge in [-0.3, -0.25) is 0 Å². The molecule has 4 aliphatic rings. The lowest BCUT2D eigenvalue weighted by atomic mass is 9.31. The first-order valence-electron chi connectivity index (χ1n) is 39.9. The maximum Gasteiger partial charge on any atom is 0.252 e. The third kappa shape index (κ3) is 11.8. The highest BCUT2D eigenvalue weighted by molar-refractivity contribution is 8.00. The molecule has 116 heavy (non-hydrogen) atoms. The first kappa shape index (κ1) is 68.3. The van der Waals surface area contributed by atoms with Crippen molar-refractivity contribution in [3.05, 3.63) is 443 Å². The van der Waals surface area contributed by atoms with Crippen LogP contribution < -0.4 is 57.3 Å². The molecule has 0 unspecified atom stereocenters. The summed E-state index contributed by atoms with van der Waals surface area (Å²) in [6, 6.07) is 164. The van der Waals surface area contributed by atoms with Gasteiger partial charge in [0.25, 0.3) is 6.71 Å². The van der Waals surface area contributed by atoms with Crippen molar-refractivity contribution in [3.8, 4) is 66.8 Å². The second kappa shape index (κ2) is 28.9. The Morgan fingerprint density at radius 2 is 0.500 bits per heavy atom. The van der Waals surface area contributed by atoms with E-state index < -0.39 is 0 Å². The lowest BCUT2D eigenvalue weighted by Gasteiger charge is -2.46. The summed E-state index contributed by atoms with van der Waals surface area (Å²) in [5.74, 6) is 0. The van der Waals surface area contributed by atoms with Gasteiger partial charge in [0.2, 0.25) is 6.71 Å². The molecule has 18 aromatic rings. The van der Waals surface area contributed by atoms with E-state index in [1.807, 2.05) is 11.8 Å². The summed E-state index contributed by atoms with van der Waals surface area (Å²) in [5, 5.41) is 0. The van der Waals surface area contributed by atoms with Crippen molar-refractivity contribution >= 4 is 143 Å². The molecule has 22 rings (SSSR count). The number of fused-ring (bicyclic) bond motifs is 8. The van der Waals surface area contributed by atoms with E-state index in [1.165, 1.54) is 64.8 Å². The van der Waals surface area contributed by atoms with E-state index >= 15 is 0 Å². The summed E-state index contributed by atoms with van der Waals surface area (Å²) in [5.41, 5.74) is 37.7. The summed E-state index contributed by atoms with van der Waals surface area (Å²) in [7, 11) is 0. The van der Waals surface area contributed by atoms with Gasteiger partial charge in [-0.2, -0.15) is 0 Å². The van der Waals surface area contributed by atoms with Gasteiger partial charge in [-0.1, -0.05) is 345 Å². The van der Waals surface area contributed by atoms with Crippen molar-refractivity contribution in [2.45, 2.75) is 9.79 Å². The van der Waals surface area contributed by atoms with Gasteiger partial charge < -0.3 is 24.5 Å². The molecule has 0 aromatic heterocycles. The Kier molecular flexibility index (Phi) is 17.0. The number of anilines is 15. The van der Waals surface area contributed by atoms with Crippen molar-refractivity contribution < 1.29 is 0 Å². The van der Waals surface area contributed by atoms with Crippen LogP contribution in [0.5, 0.6) is 0 Å². The SMILES string of the molecule is c1ccc(-c2ccc(N(c3ccc(-c4ccccc4)cc3)c3cc4c5c(c3)N(c3ccccc3)c3ccccc3B5c3cc5c(cc3S4)N(c3c(-c4ccccc4)cccc3-c3ccccc3)c3cc(N(c4ccc(-c6ccccc6)cc4)c4ccc(-c6ccccc6)cc4)cc4c3B5c3ccccc3N4c3ccccc3)cc2)cc1. The Hall–Kier alpha value is -14.6. The molecule has 0 amide bonds. The molecule has 4 aliphatic heterocycles. The largest absolute Gasteiger partial charge is 0.311 e. The van der Waals surface area contributed by atoms with E-state index in [0.29, 0.717) is 0 Å². The van der Waals surface area contributed by atoms with Gasteiger partial charge in [-0.25, -0.2) is 0 Å². The summed E-state index contributed by atoms with van der Waals surface area (Å²) in [4.78, 5) is 15.2. The Morgan fingerprint density at radius 3 is 0.888 bits per heavy atom. The van der Waals surface area contributed by atoms with Gasteiger partial charge in [0.15, 0.2) is 0 Å². The molecule has 542 valence electrons. The average molecular weight is 1490 g/mol. The smallest absolute Gasteiger partial charge is 0.252 e. The van der Waals surface area contributed by atoms with Gasteiger partial charge in [-0.15, -0.1) is 0 Å². The number of nitrogens with zero attached hydrogens (tertiary/aromatic N) is 5. The van der Waals surface area contributed by atoms with E-state index in [4.69, 9.17) is 0 Å². The second-order valence-corrected chi connectivity index (χ2v) is 31.3. The fourth-order valence-corrected chi connectivity index (χ4v) is 19.6. The van der Waals surface area contributed by atoms with Gasteiger partial charge in [0, 0.05) is 94.9 Å². The third-order valence-electron chi connectivity index (χ3n) is 23.7. The van der Waals surface area contributed by atoms with E-state index in [2.05, 4.69) is 467 Å². The zero-order valence-electron chi connectivity index (χ0n) is 63.4. The highest BCUT2D eigenvalue weighted by atomic mass is 32.2. The molecule has 4 heterocycles. The maximum atomic E-state index is 2.70. The Bertz CT molecular complexity index is 6480. The van der Waals surface area contributed by atoms with Crippen LogP contribution in [-0.2, 0) is 0 Å². The van der Waals surface area contributed by atoms with Crippen LogP contribution in [0.2, 0.25) is 0 Å². The number of para-hydroxylation sites is 5. The number of rotatable bonds is 15. The van der Waals surface area contributed by atoms with Crippen LogP contribution >= 0.6 is 11.8 Å². The van der Waals surface area contributed by atoms with Crippen LogP contribution in [0.1, 0.15) is 0 Å². The van der Waals surface area contributed by atoms with Crippen LogP contribution in [0.4, 0.5) is 85.3 Å². The molecule has 8 heteroatoms. The molecule has 0 saturated heterocycles. The second-order valence-electron chi connectivity index (χ2n) is 30.2. The van der Waals surface area contributed by atoms with Crippen LogP contribution in [0.15, 0.2) is 453 Å². The summed E-state index contributed by atoms with van der Waals surface area (Å²) in [6.07, 6.45) is 0. The molecular formula is C108H73B2N5S. The lowest BCUT2D eigenvalue weighted by molar-refractivity contribution is 1.22. The minimum atomic E-state index is -0.238. The lowest BCUT2D eigenvalue weighted by Crippen LogP contribution is -2.64. The van der Waals surface area contributed by atoms with Crippen LogP contribution in [-0.4, -0.2) is 13.4 Å². The predicted octanol–water partition coefficient (Wildman–Crippen LogP) is 25.5. The molecule has 0 N–H and O–H groups in total. The van der Waals surface area contributed by atoms with Crippen molar-refractivity contribution in [2.24, 2.45) is 0 Å². The molecule has 0 saturated carbocycles. The van der Waals surface area contributed by atoms with E-state index in [9.17, 15) is 0 Å². The minimum Gasteiger partial charge on any atom is -0.311 e. The van der Waals surface area contributed by atoms with Gasteiger partial charge in [0.1, 0.15) is 0 Å². The molecule has 0 spiro atoms. The van der Waals surface area contributed by atoms with Crippen LogP contribution in [0, 0.1) is 0 Å². The van der Waals surface area contributed by atoms with Gasteiger partial charge in [0.05, 0.1) is 11.4 Å². The molecule has 0 aliphatic carbocycles. The summed E-state index contributed by atoms with van der Waals surface area (Å²) >= 11 is 1.91. The van der Waals surface area contributed by atoms with E-state index in [-0.39, 0.29) is 13.4 Å². The fourth-order valence-electron chi connectivity index (χ4n) is 18.4. The van der Waals surface area contributed by atoms with Gasteiger partial charge >= 0.3 is 0 Å². The summed E-state index contributed by atoms with van der Waals surface area (Å²) in [6.45, 7) is -0.406. The predicted molar refractivity (Wildman–Crippen MR) is 492 cm³/mol. The molecule has 0 fully saturated rings. The minimum absolute atomic E-state index is 0.168. The zero-order chi connectivity index (χ0) is 76.6. The monoisotopic (exact) mass is 1490 g/mol. The molecule has 0 atom stereocenters. The van der Waals surface area contributed by atoms with Crippen LogP contribution in [0.25, 0.3) is 66.8 Å². The number of hydrogen-bond donors (Lipinski definition) is 0. The molecule has 0 radical (unpaired) electrons. The van der Waals surface area contributed by atoms with Crippen molar-refractivity contribution in [1.82, 2.24) is 0 Å². The van der Waals surface area contributed by atoms with Crippen molar-refractivity contribution in [2.75, 3.05) is 24.5 Å². The fraction of sp³-hybridized carbons (Fsp3) is 0. The van der Waals surface area contributed by atoms with Gasteiger partial charge in [-0.05, 0) is 198 Å². The summed E-state index contributed by atoms with van der Waals surface area (Å²) < 4.78 is 0. The standard InChI is InChI=1S/C108H73B2N5S/c1-9-30-74(31-10-1)78-52-60-86(61-53-78)111(87-62-54-79(55-63-87)75-32-11-2-12-33-75)90-68-101-106-102(69-90)115(108-92(82-38-17-5-18-39-82)46-29-47-93(108)83-40-19-6-20-41-83)100-73-104-97(72-96(100)109(106)94-48-25-27-50-98(94)113(101)84-42-21-7-22-43-84)110-95-49-26-28-51-99(95)114(85-44-23-8-24-45-85)103-70-91(71-105(116-104)107(103)110)112(88-64-56-80(57-65-88)76-34-13-3-14-35-76)89-66-58-81(59-67-89)77-36-15-4-16-37-77/h1-73H. The number of benzene rings is 18. The first-order valence-corrected chi connectivity index (χ1v) is 40.7. The zero-order valence-corrected chi connectivity index (χ0v) is 64.3. The highest BCUT2D eigenvalue weighted by Gasteiger charge is 2.48. The Morgan fingerprint density at radius 1 is 0.190 bits per heavy atom. The maximum absolute atomic E-state index is 2.70. The average Bonchev–Trinajstić information content (AvgIpc) is 0.683. The quantitative estimate of drug-likeness (QED) is 0.0944.